The Morgan fingerprint density at radius 2 is 2.08 bits per heavy atom. The first kappa shape index (κ1) is 19.2. The fourth-order valence-corrected chi connectivity index (χ4v) is 4.78. The second-order valence-electron chi connectivity index (χ2n) is 7.01. The van der Waals surface area contributed by atoms with Crippen molar-refractivity contribution in [2.24, 2.45) is 5.92 Å². The SMILES string of the molecule is CNCC1CCN(C(=O)C2CSC(Cc3ccccc3F)C(=O)N2)CC1. The zero-order chi connectivity index (χ0) is 18.5. The highest BCUT2D eigenvalue weighted by molar-refractivity contribution is 8.00. The molecule has 0 spiro atoms. The van der Waals surface area contributed by atoms with Crippen LogP contribution in [-0.2, 0) is 16.0 Å². The van der Waals surface area contributed by atoms with Gasteiger partial charge in [-0.05, 0) is 50.4 Å². The van der Waals surface area contributed by atoms with Crippen molar-refractivity contribution in [2.75, 3.05) is 32.4 Å². The van der Waals surface area contributed by atoms with Crippen molar-refractivity contribution in [3.63, 3.8) is 0 Å². The molecule has 0 aliphatic carbocycles. The summed E-state index contributed by atoms with van der Waals surface area (Å²) in [5.74, 6) is 0.708. The average molecular weight is 380 g/mol. The molecular formula is C19H26FN3O2S. The molecule has 1 aromatic rings. The molecule has 1 aromatic carbocycles. The lowest BCUT2D eigenvalue weighted by atomic mass is 9.96. The molecule has 2 N–H and O–H groups in total. The van der Waals surface area contributed by atoms with E-state index in [1.54, 1.807) is 18.2 Å². The quantitative estimate of drug-likeness (QED) is 0.813. The Balaban J connectivity index is 1.51. The van der Waals surface area contributed by atoms with Gasteiger partial charge in [0.1, 0.15) is 11.9 Å². The number of rotatable bonds is 5. The summed E-state index contributed by atoms with van der Waals surface area (Å²) in [6.45, 7) is 2.48. The Hall–Kier alpha value is -1.60. The first-order valence-corrected chi connectivity index (χ1v) is 10.2. The van der Waals surface area contributed by atoms with Crippen LogP contribution in [0.2, 0.25) is 0 Å². The van der Waals surface area contributed by atoms with Gasteiger partial charge in [0, 0.05) is 18.8 Å². The molecule has 2 saturated heterocycles. The lowest BCUT2D eigenvalue weighted by molar-refractivity contribution is -0.137. The van der Waals surface area contributed by atoms with Crippen molar-refractivity contribution in [1.29, 1.82) is 0 Å². The van der Waals surface area contributed by atoms with Crippen LogP contribution in [0.15, 0.2) is 24.3 Å². The van der Waals surface area contributed by atoms with E-state index >= 15 is 0 Å². The number of likely N-dealkylation sites (tertiary alicyclic amines) is 1. The van der Waals surface area contributed by atoms with Gasteiger partial charge in [-0.1, -0.05) is 18.2 Å². The summed E-state index contributed by atoms with van der Waals surface area (Å²) >= 11 is 1.45. The second kappa shape index (κ2) is 8.86. The van der Waals surface area contributed by atoms with Gasteiger partial charge < -0.3 is 15.5 Å². The minimum absolute atomic E-state index is 0.0121. The van der Waals surface area contributed by atoms with Crippen molar-refractivity contribution < 1.29 is 14.0 Å². The van der Waals surface area contributed by atoms with Gasteiger partial charge in [-0.15, -0.1) is 11.8 Å². The Kier molecular flexibility index (Phi) is 6.53. The maximum absolute atomic E-state index is 13.8. The lowest BCUT2D eigenvalue weighted by Crippen LogP contribution is -2.56. The maximum atomic E-state index is 13.8. The van der Waals surface area contributed by atoms with Gasteiger partial charge in [-0.25, -0.2) is 4.39 Å². The number of nitrogens with zero attached hydrogens (tertiary/aromatic N) is 1. The second-order valence-corrected chi connectivity index (χ2v) is 8.24. The van der Waals surface area contributed by atoms with Crippen molar-refractivity contribution in [3.05, 3.63) is 35.6 Å². The first-order chi connectivity index (χ1) is 12.6. The Labute approximate surface area is 158 Å². The summed E-state index contributed by atoms with van der Waals surface area (Å²) in [6.07, 6.45) is 2.34. The number of nitrogens with one attached hydrogen (secondary N) is 2. The molecule has 2 heterocycles. The zero-order valence-electron chi connectivity index (χ0n) is 15.0. The largest absolute Gasteiger partial charge is 0.343 e. The van der Waals surface area contributed by atoms with Gasteiger partial charge in [0.05, 0.1) is 5.25 Å². The number of piperidine rings is 1. The number of amides is 2. The Bertz CT molecular complexity index is 649. The maximum Gasteiger partial charge on any atom is 0.246 e. The molecule has 0 radical (unpaired) electrons. The van der Waals surface area contributed by atoms with E-state index in [1.165, 1.54) is 17.8 Å². The van der Waals surface area contributed by atoms with Crippen LogP contribution in [0.3, 0.4) is 0 Å². The van der Waals surface area contributed by atoms with Crippen LogP contribution in [0.25, 0.3) is 0 Å². The van der Waals surface area contributed by atoms with Gasteiger partial charge in [0.15, 0.2) is 0 Å². The van der Waals surface area contributed by atoms with E-state index in [0.29, 0.717) is 23.7 Å². The third-order valence-corrected chi connectivity index (χ3v) is 6.46. The fraction of sp³-hybridized carbons (Fsp3) is 0.579. The third kappa shape index (κ3) is 4.57. The molecule has 142 valence electrons. The molecule has 2 atom stereocenters. The number of hydrogen-bond acceptors (Lipinski definition) is 4. The smallest absolute Gasteiger partial charge is 0.246 e. The van der Waals surface area contributed by atoms with Crippen LogP contribution >= 0.6 is 11.8 Å². The van der Waals surface area contributed by atoms with E-state index in [4.69, 9.17) is 0 Å². The van der Waals surface area contributed by atoms with Crippen molar-refractivity contribution in [2.45, 2.75) is 30.6 Å². The molecular weight excluding hydrogens is 353 g/mol. The average Bonchev–Trinajstić information content (AvgIpc) is 2.65. The topological polar surface area (TPSA) is 61.4 Å². The third-order valence-electron chi connectivity index (χ3n) is 5.15. The van der Waals surface area contributed by atoms with Gasteiger partial charge in [-0.2, -0.15) is 0 Å². The highest BCUT2D eigenvalue weighted by Gasteiger charge is 2.35. The summed E-state index contributed by atoms with van der Waals surface area (Å²) < 4.78 is 13.8. The first-order valence-electron chi connectivity index (χ1n) is 9.17. The predicted molar refractivity (Wildman–Crippen MR) is 102 cm³/mol. The molecule has 2 unspecified atom stereocenters. The number of halogens is 1. The molecule has 0 aromatic heterocycles. The number of hydrogen-bond donors (Lipinski definition) is 2. The van der Waals surface area contributed by atoms with Gasteiger partial charge in [0.2, 0.25) is 11.8 Å². The number of benzene rings is 1. The normalized spacial score (nSPS) is 24.4. The minimum Gasteiger partial charge on any atom is -0.343 e. The van der Waals surface area contributed by atoms with Gasteiger partial charge in [-0.3, -0.25) is 9.59 Å². The van der Waals surface area contributed by atoms with Crippen LogP contribution < -0.4 is 10.6 Å². The van der Waals surface area contributed by atoms with E-state index in [1.807, 2.05) is 11.9 Å². The molecule has 0 saturated carbocycles. The highest BCUT2D eigenvalue weighted by Crippen LogP contribution is 2.25. The van der Waals surface area contributed by atoms with E-state index in [2.05, 4.69) is 10.6 Å². The highest BCUT2D eigenvalue weighted by atomic mass is 32.2. The van der Waals surface area contributed by atoms with Crippen molar-refractivity contribution in [3.8, 4) is 0 Å². The molecule has 7 heteroatoms. The van der Waals surface area contributed by atoms with E-state index in [0.717, 1.165) is 32.5 Å². The lowest BCUT2D eigenvalue weighted by Gasteiger charge is -2.36. The van der Waals surface area contributed by atoms with Crippen molar-refractivity contribution in [1.82, 2.24) is 15.5 Å². The molecule has 5 nitrogen and oxygen atoms in total. The van der Waals surface area contributed by atoms with Crippen LogP contribution in [-0.4, -0.2) is 60.4 Å². The van der Waals surface area contributed by atoms with Crippen LogP contribution in [0.1, 0.15) is 18.4 Å². The zero-order valence-corrected chi connectivity index (χ0v) is 15.9. The van der Waals surface area contributed by atoms with Crippen molar-refractivity contribution >= 4 is 23.6 Å². The molecule has 26 heavy (non-hydrogen) atoms. The summed E-state index contributed by atoms with van der Waals surface area (Å²) in [7, 11) is 1.95. The van der Waals surface area contributed by atoms with E-state index < -0.39 is 6.04 Å². The Morgan fingerprint density at radius 3 is 2.73 bits per heavy atom. The van der Waals surface area contributed by atoms with Gasteiger partial charge >= 0.3 is 0 Å². The van der Waals surface area contributed by atoms with E-state index in [-0.39, 0.29) is 22.9 Å². The fourth-order valence-electron chi connectivity index (χ4n) is 3.61. The molecule has 0 bridgehead atoms. The number of thioether (sulfide) groups is 1. The monoisotopic (exact) mass is 379 g/mol. The Morgan fingerprint density at radius 1 is 1.35 bits per heavy atom. The summed E-state index contributed by atoms with van der Waals surface area (Å²) in [6, 6.07) is 6.06. The van der Waals surface area contributed by atoms with Crippen LogP contribution in [0.4, 0.5) is 4.39 Å². The van der Waals surface area contributed by atoms with Crippen LogP contribution in [0, 0.1) is 11.7 Å². The number of carbonyl (C=O) groups excluding carboxylic acids is 2. The summed E-state index contributed by atoms with van der Waals surface area (Å²) in [5.41, 5.74) is 0.538. The molecule has 2 aliphatic rings. The summed E-state index contributed by atoms with van der Waals surface area (Å²) in [4.78, 5) is 27.0. The molecule has 2 fully saturated rings. The van der Waals surface area contributed by atoms with Crippen LogP contribution in [0.5, 0.6) is 0 Å². The molecule has 2 aliphatic heterocycles. The number of carbonyl (C=O) groups is 2. The standard InChI is InChI=1S/C19H26FN3O2S/c1-21-11-13-6-8-23(9-7-13)19(25)16-12-26-17(18(24)22-16)10-14-4-2-3-5-15(14)20/h2-5,13,16-17,21H,6-12H2,1H3,(H,22,24). The minimum atomic E-state index is -0.467. The van der Waals surface area contributed by atoms with Gasteiger partial charge in [0.25, 0.3) is 0 Å². The molecule has 3 rings (SSSR count). The molecule has 2 amide bonds. The predicted octanol–water partition coefficient (Wildman–Crippen LogP) is 1.43. The summed E-state index contributed by atoms with van der Waals surface area (Å²) in [5, 5.41) is 5.69. The van der Waals surface area contributed by atoms with E-state index in [9.17, 15) is 14.0 Å².